The van der Waals surface area contributed by atoms with E-state index in [0.717, 1.165) is 10.6 Å². The second kappa shape index (κ2) is 4.30. The number of methoxy groups -OCH3 is 1. The first kappa shape index (κ1) is 10.6. The van der Waals surface area contributed by atoms with Crippen LogP contribution in [0.5, 0.6) is 11.5 Å². The van der Waals surface area contributed by atoms with E-state index >= 15 is 0 Å². The molecule has 0 fully saturated rings. The maximum absolute atomic E-state index is 9.71. The normalized spacial score (nSPS) is 15.7. The highest BCUT2D eigenvalue weighted by molar-refractivity contribution is 7.99. The molecule has 0 spiro atoms. The van der Waals surface area contributed by atoms with Crippen molar-refractivity contribution in [3.8, 4) is 11.5 Å². The van der Waals surface area contributed by atoms with Crippen LogP contribution >= 0.6 is 11.8 Å². The van der Waals surface area contributed by atoms with Gasteiger partial charge in [-0.1, -0.05) is 11.8 Å². The van der Waals surface area contributed by atoms with Gasteiger partial charge >= 0.3 is 0 Å². The maximum Gasteiger partial charge on any atom is 0.138 e. The van der Waals surface area contributed by atoms with E-state index in [-0.39, 0.29) is 6.54 Å². The summed E-state index contributed by atoms with van der Waals surface area (Å²) in [6.07, 6.45) is -0.709. The van der Waals surface area contributed by atoms with Gasteiger partial charge in [0.05, 0.1) is 18.1 Å². The molecule has 1 heterocycles. The number of nitrogens with two attached hydrogens (primary N) is 1. The Morgan fingerprint density at radius 3 is 3.13 bits per heavy atom. The number of benzene rings is 1. The standard InChI is InChI=1S/C10H13NO3S/c1-13-8-3-10-9(14-5-15-10)2-6(8)7(12)4-11/h2-3,7,12H,4-5,11H2,1H3. The molecule has 1 unspecified atom stereocenters. The van der Waals surface area contributed by atoms with Crippen LogP contribution in [0.3, 0.4) is 0 Å². The molecule has 1 aliphatic heterocycles. The first-order valence-corrected chi connectivity index (χ1v) is 5.60. The van der Waals surface area contributed by atoms with E-state index in [1.165, 1.54) is 0 Å². The van der Waals surface area contributed by atoms with Gasteiger partial charge in [-0.25, -0.2) is 0 Å². The van der Waals surface area contributed by atoms with Gasteiger partial charge in [0.1, 0.15) is 17.4 Å². The Morgan fingerprint density at radius 2 is 2.47 bits per heavy atom. The summed E-state index contributed by atoms with van der Waals surface area (Å²) >= 11 is 1.61. The average Bonchev–Trinajstić information content (AvgIpc) is 2.73. The monoisotopic (exact) mass is 227 g/mol. The number of hydrogen-bond acceptors (Lipinski definition) is 5. The molecule has 1 aliphatic rings. The molecular weight excluding hydrogens is 214 g/mol. The summed E-state index contributed by atoms with van der Waals surface area (Å²) in [5.74, 6) is 2.06. The summed E-state index contributed by atoms with van der Waals surface area (Å²) < 4.78 is 10.6. The van der Waals surface area contributed by atoms with Crippen molar-refractivity contribution in [2.75, 3.05) is 19.6 Å². The van der Waals surface area contributed by atoms with Gasteiger partial charge in [0, 0.05) is 12.1 Å². The molecule has 0 bridgehead atoms. The van der Waals surface area contributed by atoms with Crippen LogP contribution in [0.1, 0.15) is 11.7 Å². The molecule has 1 aromatic carbocycles. The number of aliphatic hydroxyl groups excluding tert-OH is 1. The van der Waals surface area contributed by atoms with E-state index in [4.69, 9.17) is 15.2 Å². The van der Waals surface area contributed by atoms with E-state index in [1.54, 1.807) is 24.9 Å². The number of aliphatic hydroxyl groups is 1. The second-order valence-electron chi connectivity index (χ2n) is 3.20. The number of thioether (sulfide) groups is 1. The molecule has 82 valence electrons. The largest absolute Gasteiger partial charge is 0.496 e. The molecule has 4 nitrogen and oxygen atoms in total. The Morgan fingerprint density at radius 1 is 1.67 bits per heavy atom. The minimum atomic E-state index is -0.709. The van der Waals surface area contributed by atoms with Gasteiger partial charge in [0.2, 0.25) is 0 Å². The van der Waals surface area contributed by atoms with Gasteiger partial charge in [0.15, 0.2) is 0 Å². The molecule has 3 N–H and O–H groups in total. The van der Waals surface area contributed by atoms with Crippen LogP contribution in [0.25, 0.3) is 0 Å². The van der Waals surface area contributed by atoms with E-state index < -0.39 is 6.10 Å². The predicted octanol–water partition coefficient (Wildman–Crippen LogP) is 1.13. The van der Waals surface area contributed by atoms with Gasteiger partial charge in [-0.2, -0.15) is 0 Å². The molecule has 15 heavy (non-hydrogen) atoms. The Hall–Kier alpha value is -0.910. The van der Waals surface area contributed by atoms with Crippen molar-refractivity contribution in [2.45, 2.75) is 11.0 Å². The zero-order chi connectivity index (χ0) is 10.8. The van der Waals surface area contributed by atoms with Crippen molar-refractivity contribution in [1.82, 2.24) is 0 Å². The highest BCUT2D eigenvalue weighted by atomic mass is 32.2. The molecule has 0 aliphatic carbocycles. The van der Waals surface area contributed by atoms with E-state index in [2.05, 4.69) is 0 Å². The van der Waals surface area contributed by atoms with Crippen LogP contribution in [-0.2, 0) is 0 Å². The predicted molar refractivity (Wildman–Crippen MR) is 58.4 cm³/mol. The Kier molecular flexibility index (Phi) is 3.04. The maximum atomic E-state index is 9.71. The third kappa shape index (κ3) is 1.90. The number of rotatable bonds is 3. The van der Waals surface area contributed by atoms with Crippen molar-refractivity contribution in [3.05, 3.63) is 17.7 Å². The van der Waals surface area contributed by atoms with Crippen LogP contribution in [-0.4, -0.2) is 24.7 Å². The van der Waals surface area contributed by atoms with Gasteiger partial charge in [-0.15, -0.1) is 0 Å². The lowest BCUT2D eigenvalue weighted by Gasteiger charge is -2.14. The summed E-state index contributed by atoms with van der Waals surface area (Å²) in [6.45, 7) is 0.169. The van der Waals surface area contributed by atoms with E-state index in [1.807, 2.05) is 6.07 Å². The third-order valence-corrected chi connectivity index (χ3v) is 3.17. The minimum absolute atomic E-state index is 0.169. The number of hydrogen-bond donors (Lipinski definition) is 2. The summed E-state index contributed by atoms with van der Waals surface area (Å²) in [5.41, 5.74) is 6.10. The van der Waals surface area contributed by atoms with E-state index in [9.17, 15) is 5.11 Å². The van der Waals surface area contributed by atoms with Crippen molar-refractivity contribution in [3.63, 3.8) is 0 Å². The Balaban J connectivity index is 2.44. The molecule has 1 aromatic rings. The molecule has 1 atom stereocenters. The Labute approximate surface area is 92.4 Å². The quantitative estimate of drug-likeness (QED) is 0.810. The number of fused-ring (bicyclic) bond motifs is 1. The van der Waals surface area contributed by atoms with Gasteiger partial charge in [0.25, 0.3) is 0 Å². The van der Waals surface area contributed by atoms with Crippen molar-refractivity contribution in [1.29, 1.82) is 0 Å². The van der Waals surface area contributed by atoms with Crippen LogP contribution in [0.4, 0.5) is 0 Å². The fourth-order valence-electron chi connectivity index (χ4n) is 1.50. The molecule has 0 saturated heterocycles. The first-order chi connectivity index (χ1) is 7.26. The molecule has 2 rings (SSSR count). The summed E-state index contributed by atoms with van der Waals surface area (Å²) in [4.78, 5) is 1.04. The fourth-order valence-corrected chi connectivity index (χ4v) is 2.27. The molecule has 0 saturated carbocycles. The van der Waals surface area contributed by atoms with Crippen LogP contribution < -0.4 is 15.2 Å². The van der Waals surface area contributed by atoms with E-state index in [0.29, 0.717) is 17.3 Å². The summed E-state index contributed by atoms with van der Waals surface area (Å²) in [6, 6.07) is 3.67. The van der Waals surface area contributed by atoms with Gasteiger partial charge in [-0.3, -0.25) is 0 Å². The van der Waals surface area contributed by atoms with Crippen molar-refractivity contribution < 1.29 is 14.6 Å². The zero-order valence-electron chi connectivity index (χ0n) is 8.40. The fraction of sp³-hybridized carbons (Fsp3) is 0.400. The molecular formula is C10H13NO3S. The smallest absolute Gasteiger partial charge is 0.138 e. The average molecular weight is 227 g/mol. The van der Waals surface area contributed by atoms with Gasteiger partial charge < -0.3 is 20.3 Å². The zero-order valence-corrected chi connectivity index (χ0v) is 9.21. The van der Waals surface area contributed by atoms with Crippen molar-refractivity contribution >= 4 is 11.8 Å². The summed E-state index contributed by atoms with van der Waals surface area (Å²) in [5, 5.41) is 9.71. The van der Waals surface area contributed by atoms with Crippen LogP contribution in [0.2, 0.25) is 0 Å². The first-order valence-electron chi connectivity index (χ1n) is 4.62. The lowest BCUT2D eigenvalue weighted by Crippen LogP contribution is -2.12. The number of ether oxygens (including phenoxy) is 2. The molecule has 0 radical (unpaired) electrons. The SMILES string of the molecule is COc1cc2c(cc1C(O)CN)OCS2. The molecule has 5 heteroatoms. The van der Waals surface area contributed by atoms with Crippen LogP contribution in [0.15, 0.2) is 17.0 Å². The highest BCUT2D eigenvalue weighted by Crippen LogP contribution is 2.41. The lowest BCUT2D eigenvalue weighted by atomic mass is 10.1. The molecule has 0 amide bonds. The minimum Gasteiger partial charge on any atom is -0.496 e. The summed E-state index contributed by atoms with van der Waals surface area (Å²) in [7, 11) is 1.58. The second-order valence-corrected chi connectivity index (χ2v) is 4.16. The topological polar surface area (TPSA) is 64.7 Å². The Bertz CT molecular complexity index is 370. The van der Waals surface area contributed by atoms with Gasteiger partial charge in [-0.05, 0) is 12.1 Å². The third-order valence-electron chi connectivity index (χ3n) is 2.31. The highest BCUT2D eigenvalue weighted by Gasteiger charge is 2.20. The van der Waals surface area contributed by atoms with Crippen LogP contribution in [0, 0.1) is 0 Å². The van der Waals surface area contributed by atoms with Crippen molar-refractivity contribution in [2.24, 2.45) is 5.73 Å². The molecule has 0 aromatic heterocycles. The lowest BCUT2D eigenvalue weighted by molar-refractivity contribution is 0.181.